The van der Waals surface area contributed by atoms with E-state index in [4.69, 9.17) is 9.47 Å². The highest BCUT2D eigenvalue weighted by Crippen LogP contribution is 2.60. The average molecular weight is 686 g/mol. The van der Waals surface area contributed by atoms with Crippen molar-refractivity contribution in [3.63, 3.8) is 0 Å². The van der Waals surface area contributed by atoms with Crippen LogP contribution in [0.3, 0.4) is 0 Å². The first-order chi connectivity index (χ1) is 21.6. The number of ether oxygens (including phenoxy) is 2. The summed E-state index contributed by atoms with van der Waals surface area (Å²) >= 11 is 3.72. The molecule has 3 saturated heterocycles. The Labute approximate surface area is 273 Å². The molecule has 2 aromatic rings. The summed E-state index contributed by atoms with van der Waals surface area (Å²) in [6.07, 6.45) is 0.290. The van der Waals surface area contributed by atoms with Gasteiger partial charge in [0.15, 0.2) is 0 Å². The fraction of sp³-hybridized carbons (Fsp3) is 0.559. The van der Waals surface area contributed by atoms with Crippen molar-refractivity contribution in [2.24, 2.45) is 17.8 Å². The predicted molar refractivity (Wildman–Crippen MR) is 178 cm³/mol. The lowest BCUT2D eigenvalue weighted by Gasteiger charge is -2.37. The molecule has 2 bridgehead atoms. The molecule has 11 heteroatoms. The van der Waals surface area contributed by atoms with Gasteiger partial charge in [-0.3, -0.25) is 14.4 Å². The zero-order valence-corrected chi connectivity index (χ0v) is 28.2. The summed E-state index contributed by atoms with van der Waals surface area (Å²) in [6, 6.07) is 13.1. The van der Waals surface area contributed by atoms with Crippen molar-refractivity contribution in [3.05, 3.63) is 48.5 Å². The number of hydrogen-bond acceptors (Lipinski definition) is 7. The van der Waals surface area contributed by atoms with E-state index in [0.717, 1.165) is 18.8 Å². The smallest absolute Gasteiger partial charge is 0.250 e. The van der Waals surface area contributed by atoms with Crippen LogP contribution < -0.4 is 20.3 Å². The van der Waals surface area contributed by atoms with E-state index in [1.54, 1.807) is 24.3 Å². The van der Waals surface area contributed by atoms with Gasteiger partial charge >= 0.3 is 0 Å². The number of rotatable bonds is 13. The van der Waals surface area contributed by atoms with Gasteiger partial charge in [0.25, 0.3) is 0 Å². The van der Waals surface area contributed by atoms with Gasteiger partial charge < -0.3 is 35.0 Å². The normalized spacial score (nSPS) is 27.4. The van der Waals surface area contributed by atoms with Crippen molar-refractivity contribution in [2.75, 3.05) is 41.8 Å². The number of carbonyl (C=O) groups excluding carboxylic acids is 3. The van der Waals surface area contributed by atoms with Crippen LogP contribution in [0.25, 0.3) is 0 Å². The van der Waals surface area contributed by atoms with Crippen LogP contribution in [0.1, 0.15) is 47.5 Å². The first-order valence-corrected chi connectivity index (χ1v) is 16.9. The number of alkyl halides is 1. The molecule has 3 amide bonds. The second kappa shape index (κ2) is 13.7. The number of fused-ring (bicyclic) bond motifs is 1. The van der Waals surface area contributed by atoms with Crippen molar-refractivity contribution in [2.45, 2.75) is 76.1 Å². The third-order valence-corrected chi connectivity index (χ3v) is 10.2. The summed E-state index contributed by atoms with van der Waals surface area (Å²) in [5.74, 6) is -1.92. The molecule has 3 fully saturated rings. The Hall–Kier alpha value is -3.15. The summed E-state index contributed by atoms with van der Waals surface area (Å²) in [5, 5.41) is 16.5. The summed E-state index contributed by atoms with van der Waals surface area (Å²) < 4.78 is 12.1. The maximum absolute atomic E-state index is 14.4. The average Bonchev–Trinajstić information content (AvgIpc) is 3.61. The molecule has 0 saturated carbocycles. The first-order valence-electron chi connectivity index (χ1n) is 16.0. The third kappa shape index (κ3) is 6.18. The van der Waals surface area contributed by atoms with Crippen molar-refractivity contribution in [1.82, 2.24) is 4.90 Å². The molecule has 7 atom stereocenters. The SMILES string of the molecule is CCOc1ccc(NC(=O)[C@H]2[C@H]3C(=O)N([C@@H](CO)CC(C)C)C(C(=O)Nc4ccc(N(CC)CC)cc4)C34CC(Br)[C@@H]2O4)cc1. The third-order valence-electron chi connectivity index (χ3n) is 9.32. The van der Waals surface area contributed by atoms with E-state index in [-0.39, 0.29) is 29.2 Å². The number of halogens is 1. The lowest BCUT2D eigenvalue weighted by atomic mass is 9.70. The number of amides is 3. The number of benzene rings is 2. The molecule has 0 aromatic heterocycles. The van der Waals surface area contributed by atoms with Crippen molar-refractivity contribution in [1.29, 1.82) is 0 Å². The van der Waals surface area contributed by atoms with Gasteiger partial charge in [-0.25, -0.2) is 0 Å². The lowest BCUT2D eigenvalue weighted by molar-refractivity contribution is -0.143. The summed E-state index contributed by atoms with van der Waals surface area (Å²) in [7, 11) is 0. The van der Waals surface area contributed by atoms with E-state index < -0.39 is 41.5 Å². The molecule has 1 spiro atoms. The zero-order valence-electron chi connectivity index (χ0n) is 26.7. The first kappa shape index (κ1) is 33.2. The maximum Gasteiger partial charge on any atom is 0.250 e. The van der Waals surface area contributed by atoms with Gasteiger partial charge in [-0.15, -0.1) is 0 Å². The number of nitrogens with one attached hydrogen (secondary N) is 2. The van der Waals surface area contributed by atoms with Gasteiger partial charge in [-0.1, -0.05) is 29.8 Å². The fourth-order valence-electron chi connectivity index (χ4n) is 7.46. The minimum absolute atomic E-state index is 0.157. The molecule has 3 heterocycles. The Morgan fingerprint density at radius 3 is 2.20 bits per heavy atom. The molecular formula is C34H45BrN4O6. The van der Waals surface area contributed by atoms with E-state index in [1.807, 2.05) is 45.0 Å². The molecule has 3 N–H and O–H groups in total. The number of hydrogen-bond donors (Lipinski definition) is 3. The molecule has 244 valence electrons. The van der Waals surface area contributed by atoms with Crippen LogP contribution in [0.4, 0.5) is 17.1 Å². The van der Waals surface area contributed by atoms with E-state index in [0.29, 0.717) is 36.6 Å². The zero-order chi connectivity index (χ0) is 32.5. The molecule has 2 aromatic carbocycles. The Balaban J connectivity index is 1.47. The molecule has 5 rings (SSSR count). The van der Waals surface area contributed by atoms with Crippen LogP contribution in [0.15, 0.2) is 48.5 Å². The summed E-state index contributed by atoms with van der Waals surface area (Å²) in [6.45, 7) is 12.1. The van der Waals surface area contributed by atoms with Crippen LogP contribution >= 0.6 is 15.9 Å². The Morgan fingerprint density at radius 2 is 1.64 bits per heavy atom. The molecule has 0 radical (unpaired) electrons. The molecule has 45 heavy (non-hydrogen) atoms. The Bertz CT molecular complexity index is 1370. The molecule has 3 aliphatic heterocycles. The topological polar surface area (TPSA) is 120 Å². The molecule has 0 aliphatic carbocycles. The highest BCUT2D eigenvalue weighted by Gasteiger charge is 2.77. The maximum atomic E-state index is 14.4. The van der Waals surface area contributed by atoms with Crippen molar-refractivity contribution in [3.8, 4) is 5.75 Å². The van der Waals surface area contributed by atoms with E-state index in [1.165, 1.54) is 4.90 Å². The van der Waals surface area contributed by atoms with Gasteiger partial charge in [0.2, 0.25) is 17.7 Å². The van der Waals surface area contributed by atoms with E-state index in [9.17, 15) is 19.5 Å². The van der Waals surface area contributed by atoms with E-state index in [2.05, 4.69) is 45.3 Å². The van der Waals surface area contributed by atoms with Crippen LogP contribution in [0.2, 0.25) is 0 Å². The number of anilines is 3. The number of carbonyl (C=O) groups is 3. The number of nitrogens with zero attached hydrogens (tertiary/aromatic N) is 2. The van der Waals surface area contributed by atoms with Gasteiger partial charge in [0, 0.05) is 35.0 Å². The van der Waals surface area contributed by atoms with Crippen molar-refractivity contribution >= 4 is 50.7 Å². The van der Waals surface area contributed by atoms with Crippen LogP contribution in [-0.2, 0) is 19.1 Å². The number of likely N-dealkylation sites (tertiary alicyclic amines) is 1. The van der Waals surface area contributed by atoms with Gasteiger partial charge in [0.1, 0.15) is 17.4 Å². The van der Waals surface area contributed by atoms with Crippen LogP contribution in [-0.4, -0.2) is 82.6 Å². The molecular weight excluding hydrogens is 640 g/mol. The highest BCUT2D eigenvalue weighted by atomic mass is 79.9. The summed E-state index contributed by atoms with van der Waals surface area (Å²) in [5.41, 5.74) is 0.990. The Kier molecular flexibility index (Phi) is 10.1. The van der Waals surface area contributed by atoms with Crippen molar-refractivity contribution < 1.29 is 29.0 Å². The van der Waals surface area contributed by atoms with Crippen LogP contribution in [0.5, 0.6) is 5.75 Å². The van der Waals surface area contributed by atoms with Gasteiger partial charge in [-0.2, -0.15) is 0 Å². The highest BCUT2D eigenvalue weighted by molar-refractivity contribution is 9.09. The minimum Gasteiger partial charge on any atom is -0.494 e. The minimum atomic E-state index is -1.23. The van der Waals surface area contributed by atoms with Gasteiger partial charge in [0.05, 0.1) is 37.2 Å². The summed E-state index contributed by atoms with van der Waals surface area (Å²) in [4.78, 5) is 46.1. The number of aliphatic hydroxyl groups is 1. The second-order valence-electron chi connectivity index (χ2n) is 12.5. The fourth-order valence-corrected chi connectivity index (χ4v) is 8.40. The molecule has 3 aliphatic rings. The monoisotopic (exact) mass is 684 g/mol. The lowest BCUT2D eigenvalue weighted by Crippen LogP contribution is -2.56. The quantitative estimate of drug-likeness (QED) is 0.263. The molecule has 10 nitrogen and oxygen atoms in total. The van der Waals surface area contributed by atoms with Crippen LogP contribution in [0, 0.1) is 17.8 Å². The number of aliphatic hydroxyl groups excluding tert-OH is 1. The van der Waals surface area contributed by atoms with Gasteiger partial charge in [-0.05, 0) is 88.1 Å². The standard InChI is InChI=1S/C34H45BrN4O6/c1-6-38(7-2)23-13-9-21(10-14-23)37-32(42)30-34-18-26(35)29(45-34)27(28(34)33(43)39(30)24(19-40)17-20(4)5)31(41)36-22-11-15-25(16-12-22)44-8-3/h9-16,20,24,26-30,40H,6-8,17-19H2,1-5H3,(H,36,41)(H,37,42)/t24-,26?,27+,28+,29+,30?,34?/m1/s1. The second-order valence-corrected chi connectivity index (χ2v) is 13.7. The largest absolute Gasteiger partial charge is 0.494 e. The predicted octanol–water partition coefficient (Wildman–Crippen LogP) is 4.66. The Morgan fingerprint density at radius 1 is 1.04 bits per heavy atom. The van der Waals surface area contributed by atoms with E-state index >= 15 is 0 Å². The molecule has 3 unspecified atom stereocenters.